The number of carboxylic acid groups (broad SMARTS) is 1. The molecule has 0 unspecified atom stereocenters. The van der Waals surface area contributed by atoms with Gasteiger partial charge in [-0.15, -0.1) is 0 Å². The monoisotopic (exact) mass is 394 g/mol. The fourth-order valence-electron chi connectivity index (χ4n) is 5.00. The van der Waals surface area contributed by atoms with Crippen molar-refractivity contribution in [1.29, 1.82) is 0 Å². The van der Waals surface area contributed by atoms with Crippen molar-refractivity contribution in [2.24, 2.45) is 0 Å². The Bertz CT molecular complexity index is 927. The second-order valence-corrected chi connectivity index (χ2v) is 7.70. The molecule has 1 aliphatic heterocycles. The number of benzene rings is 1. The van der Waals surface area contributed by atoms with Crippen LogP contribution < -0.4 is 9.84 Å². The summed E-state index contributed by atoms with van der Waals surface area (Å²) in [6, 6.07) is 4.84. The van der Waals surface area contributed by atoms with Gasteiger partial charge in [-0.3, -0.25) is 9.59 Å². The lowest BCUT2D eigenvalue weighted by atomic mass is 9.70. The van der Waals surface area contributed by atoms with Gasteiger partial charge in [-0.2, -0.15) is 0 Å². The zero-order valence-electron chi connectivity index (χ0n) is 16.7. The van der Waals surface area contributed by atoms with Crippen LogP contribution in [0.2, 0.25) is 0 Å². The molecule has 4 rings (SSSR count). The third kappa shape index (κ3) is 3.07. The van der Waals surface area contributed by atoms with Crippen LogP contribution in [0.4, 0.5) is 0 Å². The van der Waals surface area contributed by atoms with E-state index >= 15 is 0 Å². The number of carboxylic acids is 1. The number of hydrogen-bond acceptors (Lipinski definition) is 6. The SMILES string of the molecule is CCN1C2=C(C(=O)CCC2)C(c2ccc(OC)c(C(=O)[O-])c2)C2=C1CCCC2=O. The maximum atomic E-state index is 13.0. The highest BCUT2D eigenvalue weighted by Gasteiger charge is 2.42. The molecule has 0 atom stereocenters. The van der Waals surface area contributed by atoms with Crippen molar-refractivity contribution in [2.75, 3.05) is 13.7 Å². The molecule has 2 aliphatic carbocycles. The number of rotatable bonds is 4. The van der Waals surface area contributed by atoms with Crippen LogP contribution in [0.1, 0.15) is 67.3 Å². The van der Waals surface area contributed by atoms with Crippen molar-refractivity contribution in [3.63, 3.8) is 0 Å². The van der Waals surface area contributed by atoms with Crippen LogP contribution in [0.25, 0.3) is 0 Å². The molecule has 0 aromatic heterocycles. The van der Waals surface area contributed by atoms with Crippen LogP contribution in [0, 0.1) is 0 Å². The first-order chi connectivity index (χ1) is 14.0. The van der Waals surface area contributed by atoms with Crippen LogP contribution in [-0.4, -0.2) is 36.1 Å². The third-order valence-corrected chi connectivity index (χ3v) is 6.18. The molecule has 0 radical (unpaired) electrons. The number of aromatic carboxylic acids is 1. The number of carbonyl (C=O) groups is 3. The molecule has 29 heavy (non-hydrogen) atoms. The highest BCUT2D eigenvalue weighted by atomic mass is 16.5. The van der Waals surface area contributed by atoms with E-state index < -0.39 is 11.9 Å². The van der Waals surface area contributed by atoms with Gasteiger partial charge < -0.3 is 19.5 Å². The van der Waals surface area contributed by atoms with Gasteiger partial charge in [0.25, 0.3) is 0 Å². The van der Waals surface area contributed by atoms with Crippen LogP contribution in [0.15, 0.2) is 40.7 Å². The summed E-state index contributed by atoms with van der Waals surface area (Å²) in [6.07, 6.45) is 4.08. The maximum Gasteiger partial charge on any atom is 0.161 e. The number of carbonyl (C=O) groups excluding carboxylic acids is 3. The minimum absolute atomic E-state index is 0.0467. The molecule has 6 nitrogen and oxygen atoms in total. The summed E-state index contributed by atoms with van der Waals surface area (Å²) in [4.78, 5) is 39.9. The summed E-state index contributed by atoms with van der Waals surface area (Å²) in [5.74, 6) is -1.57. The van der Waals surface area contributed by atoms with E-state index in [2.05, 4.69) is 4.90 Å². The van der Waals surface area contributed by atoms with Gasteiger partial charge in [0.1, 0.15) is 5.75 Å². The Morgan fingerprint density at radius 2 is 1.66 bits per heavy atom. The zero-order valence-corrected chi connectivity index (χ0v) is 16.7. The minimum atomic E-state index is -1.34. The molecule has 0 saturated carbocycles. The van der Waals surface area contributed by atoms with Crippen molar-refractivity contribution in [3.8, 4) is 5.75 Å². The fourth-order valence-corrected chi connectivity index (χ4v) is 5.00. The first-order valence-corrected chi connectivity index (χ1v) is 10.2. The lowest BCUT2D eigenvalue weighted by molar-refractivity contribution is -0.255. The van der Waals surface area contributed by atoms with Crippen molar-refractivity contribution >= 4 is 17.5 Å². The van der Waals surface area contributed by atoms with Crippen molar-refractivity contribution in [1.82, 2.24) is 4.90 Å². The van der Waals surface area contributed by atoms with Crippen LogP contribution in [0.5, 0.6) is 5.75 Å². The Morgan fingerprint density at radius 3 is 2.14 bits per heavy atom. The van der Waals surface area contributed by atoms with Gasteiger partial charge in [0, 0.05) is 53.4 Å². The number of hydrogen-bond donors (Lipinski definition) is 0. The summed E-state index contributed by atoms with van der Waals surface area (Å²) in [6.45, 7) is 2.74. The molecular formula is C23H24NO5-. The van der Waals surface area contributed by atoms with Crippen molar-refractivity contribution in [3.05, 3.63) is 51.9 Å². The fraction of sp³-hybridized carbons (Fsp3) is 0.435. The molecule has 152 valence electrons. The van der Waals surface area contributed by atoms with Gasteiger partial charge in [0.15, 0.2) is 11.6 Å². The first-order valence-electron chi connectivity index (χ1n) is 10.2. The lowest BCUT2D eigenvalue weighted by Gasteiger charge is -2.43. The maximum absolute atomic E-state index is 13.0. The van der Waals surface area contributed by atoms with E-state index in [0.29, 0.717) is 36.1 Å². The van der Waals surface area contributed by atoms with Crippen LogP contribution in [0.3, 0.4) is 0 Å². The number of allylic oxidation sites excluding steroid dienone is 4. The smallest absolute Gasteiger partial charge is 0.161 e. The van der Waals surface area contributed by atoms with Crippen LogP contribution >= 0.6 is 0 Å². The summed E-state index contributed by atoms with van der Waals surface area (Å²) >= 11 is 0. The molecule has 0 amide bonds. The predicted molar refractivity (Wildman–Crippen MR) is 104 cm³/mol. The molecule has 0 bridgehead atoms. The van der Waals surface area contributed by atoms with E-state index in [-0.39, 0.29) is 22.9 Å². The quantitative estimate of drug-likeness (QED) is 0.780. The second kappa shape index (κ2) is 7.50. The van der Waals surface area contributed by atoms with Gasteiger partial charge in [-0.05, 0) is 50.3 Å². The Hall–Kier alpha value is -2.89. The van der Waals surface area contributed by atoms with E-state index in [0.717, 1.165) is 37.1 Å². The first kappa shape index (κ1) is 19.4. The number of ketones is 2. The molecule has 1 heterocycles. The van der Waals surface area contributed by atoms with Crippen LogP contribution in [-0.2, 0) is 9.59 Å². The average molecular weight is 394 g/mol. The minimum Gasteiger partial charge on any atom is -0.545 e. The molecule has 3 aliphatic rings. The standard InChI is InChI=1S/C23H25NO5/c1-3-24-15-6-4-8-17(25)21(15)20(22-16(24)7-5-9-18(22)26)13-10-11-19(29-2)14(12-13)23(27)28/h10-12,20H,3-9H2,1-2H3,(H,27,28)/p-1. The summed E-state index contributed by atoms with van der Waals surface area (Å²) in [5.41, 5.74) is 3.86. The molecule has 0 N–H and O–H groups in total. The van der Waals surface area contributed by atoms with E-state index in [1.54, 1.807) is 12.1 Å². The Balaban J connectivity index is 1.97. The number of ether oxygens (including phenoxy) is 1. The number of nitrogens with zero attached hydrogens (tertiary/aromatic N) is 1. The highest BCUT2D eigenvalue weighted by Crippen LogP contribution is 2.49. The summed E-state index contributed by atoms with van der Waals surface area (Å²) < 4.78 is 5.15. The largest absolute Gasteiger partial charge is 0.545 e. The molecule has 0 fully saturated rings. The zero-order chi connectivity index (χ0) is 20.7. The summed E-state index contributed by atoms with van der Waals surface area (Å²) in [5, 5.41) is 11.7. The Labute approximate surface area is 169 Å². The molecular weight excluding hydrogens is 370 g/mol. The molecule has 0 spiro atoms. The average Bonchev–Trinajstić information content (AvgIpc) is 2.72. The topological polar surface area (TPSA) is 86.7 Å². The predicted octanol–water partition coefficient (Wildman–Crippen LogP) is 2.49. The molecule has 1 aromatic carbocycles. The van der Waals surface area contributed by atoms with Gasteiger partial charge in [-0.25, -0.2) is 0 Å². The van der Waals surface area contributed by atoms with Gasteiger partial charge in [0.2, 0.25) is 0 Å². The normalized spacial score (nSPS) is 20.0. The molecule has 6 heteroatoms. The van der Waals surface area contributed by atoms with E-state index in [4.69, 9.17) is 4.74 Å². The van der Waals surface area contributed by atoms with Gasteiger partial charge in [0.05, 0.1) is 13.1 Å². The Kier molecular flexibility index (Phi) is 5.03. The van der Waals surface area contributed by atoms with Gasteiger partial charge in [-0.1, -0.05) is 6.07 Å². The second-order valence-electron chi connectivity index (χ2n) is 7.70. The van der Waals surface area contributed by atoms with Crippen molar-refractivity contribution in [2.45, 2.75) is 51.4 Å². The number of methoxy groups -OCH3 is 1. The van der Waals surface area contributed by atoms with Crippen molar-refractivity contribution < 1.29 is 24.2 Å². The molecule has 1 aromatic rings. The van der Waals surface area contributed by atoms with E-state index in [1.807, 2.05) is 6.92 Å². The van der Waals surface area contributed by atoms with Gasteiger partial charge >= 0.3 is 0 Å². The third-order valence-electron chi connectivity index (χ3n) is 6.18. The van der Waals surface area contributed by atoms with E-state index in [1.165, 1.54) is 13.2 Å². The number of Topliss-reactive ketones (excluding diaryl/α,β-unsaturated/α-hetero) is 2. The molecule has 0 saturated heterocycles. The summed E-state index contributed by atoms with van der Waals surface area (Å²) in [7, 11) is 1.40. The lowest BCUT2D eigenvalue weighted by Crippen LogP contribution is -2.39. The van der Waals surface area contributed by atoms with E-state index in [9.17, 15) is 19.5 Å². The highest BCUT2D eigenvalue weighted by molar-refractivity contribution is 6.06. The Morgan fingerprint density at radius 1 is 1.07 bits per heavy atom.